The maximum Gasteiger partial charge on any atom is 0.271 e. The van der Waals surface area contributed by atoms with E-state index in [1.54, 1.807) is 13.1 Å². The number of amides is 1. The molecule has 8 nitrogen and oxygen atoms in total. The van der Waals surface area contributed by atoms with E-state index in [0.717, 1.165) is 0 Å². The van der Waals surface area contributed by atoms with Crippen molar-refractivity contribution in [3.05, 3.63) is 34.4 Å². The molecule has 0 saturated carbocycles. The molecule has 0 aliphatic carbocycles. The van der Waals surface area contributed by atoms with Crippen molar-refractivity contribution in [1.82, 2.24) is 4.90 Å². The molecule has 2 rings (SSSR count). The summed E-state index contributed by atoms with van der Waals surface area (Å²) in [5, 5.41) is 13.5. The van der Waals surface area contributed by atoms with Crippen LogP contribution in [0, 0.1) is 10.1 Å². The fourth-order valence-corrected chi connectivity index (χ4v) is 4.09. The molecule has 1 aliphatic rings. The van der Waals surface area contributed by atoms with Crippen LogP contribution in [0.25, 0.3) is 0 Å². The molecule has 22 heavy (non-hydrogen) atoms. The summed E-state index contributed by atoms with van der Waals surface area (Å²) in [7, 11) is -1.47. The van der Waals surface area contributed by atoms with E-state index in [2.05, 4.69) is 5.32 Å². The highest BCUT2D eigenvalue weighted by atomic mass is 32.2. The van der Waals surface area contributed by atoms with Gasteiger partial charge in [-0.15, -0.1) is 0 Å². The van der Waals surface area contributed by atoms with Crippen molar-refractivity contribution in [2.24, 2.45) is 0 Å². The largest absolute Gasteiger partial charge is 0.376 e. The minimum absolute atomic E-state index is 0.00789. The lowest BCUT2D eigenvalue weighted by atomic mass is 10.2. The average Bonchev–Trinajstić information content (AvgIpc) is 2.84. The number of sulfone groups is 1. The number of nitro groups is 1. The van der Waals surface area contributed by atoms with Crippen LogP contribution in [-0.2, 0) is 14.6 Å². The lowest BCUT2D eigenvalue weighted by Gasteiger charge is -2.23. The van der Waals surface area contributed by atoms with Crippen LogP contribution in [0.3, 0.4) is 0 Å². The monoisotopic (exact) mass is 327 g/mol. The molecule has 0 spiro atoms. The maximum absolute atomic E-state index is 12.1. The van der Waals surface area contributed by atoms with Crippen LogP contribution in [0.1, 0.15) is 6.42 Å². The summed E-state index contributed by atoms with van der Waals surface area (Å²) in [5.74, 6) is -0.159. The standard InChI is InChI=1S/C13H17N3O5S/c1-15(12-5-6-22(20,21)9-12)13(17)8-14-10-3-2-4-11(7-10)16(18)19/h2-4,7,12,14H,5-6,8-9H2,1H3/t12-/m0/s1. The summed E-state index contributed by atoms with van der Waals surface area (Å²) in [6.45, 7) is -0.0474. The number of likely N-dealkylation sites (N-methyl/N-ethyl adjacent to an activating group) is 1. The van der Waals surface area contributed by atoms with Gasteiger partial charge >= 0.3 is 0 Å². The molecular formula is C13H17N3O5S. The van der Waals surface area contributed by atoms with E-state index in [9.17, 15) is 23.3 Å². The van der Waals surface area contributed by atoms with E-state index in [1.165, 1.54) is 23.1 Å². The Kier molecular flexibility index (Phi) is 4.65. The van der Waals surface area contributed by atoms with Crippen molar-refractivity contribution in [2.75, 3.05) is 30.4 Å². The second-order valence-corrected chi connectivity index (χ2v) is 7.45. The third-order valence-electron chi connectivity index (χ3n) is 3.65. The summed E-state index contributed by atoms with van der Waals surface area (Å²) in [6, 6.07) is 5.55. The molecular weight excluding hydrogens is 310 g/mol. The Labute approximate surface area is 128 Å². The van der Waals surface area contributed by atoms with Gasteiger partial charge in [0.15, 0.2) is 9.84 Å². The zero-order valence-electron chi connectivity index (χ0n) is 12.1. The van der Waals surface area contributed by atoms with Crippen LogP contribution in [0.4, 0.5) is 11.4 Å². The van der Waals surface area contributed by atoms with Gasteiger partial charge in [0, 0.05) is 30.9 Å². The highest BCUT2D eigenvalue weighted by molar-refractivity contribution is 7.91. The fraction of sp³-hybridized carbons (Fsp3) is 0.462. The molecule has 1 atom stereocenters. The summed E-state index contributed by atoms with van der Waals surface area (Å²) in [4.78, 5) is 23.7. The third kappa shape index (κ3) is 3.94. The third-order valence-corrected chi connectivity index (χ3v) is 5.40. The molecule has 1 aromatic carbocycles. The summed E-state index contributed by atoms with van der Waals surface area (Å²) in [6.07, 6.45) is 0.446. The molecule has 1 aliphatic heterocycles. The van der Waals surface area contributed by atoms with Crippen molar-refractivity contribution >= 4 is 27.1 Å². The molecule has 9 heteroatoms. The van der Waals surface area contributed by atoms with E-state index in [4.69, 9.17) is 0 Å². The van der Waals surface area contributed by atoms with Crippen molar-refractivity contribution < 1.29 is 18.1 Å². The minimum atomic E-state index is -3.05. The lowest BCUT2D eigenvalue weighted by Crippen LogP contribution is -2.40. The molecule has 1 heterocycles. The Morgan fingerprint density at radius 3 is 2.82 bits per heavy atom. The van der Waals surface area contributed by atoms with Crippen LogP contribution < -0.4 is 5.32 Å². The summed E-state index contributed by atoms with van der Waals surface area (Å²) < 4.78 is 22.9. The van der Waals surface area contributed by atoms with Crippen LogP contribution in [0.15, 0.2) is 24.3 Å². The van der Waals surface area contributed by atoms with Gasteiger partial charge in [-0.2, -0.15) is 0 Å². The molecule has 1 saturated heterocycles. The number of hydrogen-bond acceptors (Lipinski definition) is 6. The van der Waals surface area contributed by atoms with Gasteiger partial charge in [-0.25, -0.2) is 8.42 Å². The van der Waals surface area contributed by atoms with Crippen LogP contribution in [-0.4, -0.2) is 55.3 Å². The van der Waals surface area contributed by atoms with Gasteiger partial charge in [-0.1, -0.05) is 6.07 Å². The van der Waals surface area contributed by atoms with E-state index in [0.29, 0.717) is 12.1 Å². The summed E-state index contributed by atoms with van der Waals surface area (Å²) >= 11 is 0. The topological polar surface area (TPSA) is 110 Å². The molecule has 0 radical (unpaired) electrons. The molecule has 0 bridgehead atoms. The van der Waals surface area contributed by atoms with Crippen LogP contribution in [0.2, 0.25) is 0 Å². The van der Waals surface area contributed by atoms with Crippen LogP contribution >= 0.6 is 0 Å². The molecule has 120 valence electrons. The van der Waals surface area contributed by atoms with Crippen molar-refractivity contribution in [3.8, 4) is 0 Å². The van der Waals surface area contributed by atoms with Gasteiger partial charge in [0.2, 0.25) is 5.91 Å². The van der Waals surface area contributed by atoms with Crippen molar-refractivity contribution in [1.29, 1.82) is 0 Å². The Bertz CT molecular complexity index is 689. The Morgan fingerprint density at radius 2 is 2.23 bits per heavy atom. The Morgan fingerprint density at radius 1 is 1.50 bits per heavy atom. The molecule has 0 aromatic heterocycles. The number of nitrogens with one attached hydrogen (secondary N) is 1. The smallest absolute Gasteiger partial charge is 0.271 e. The summed E-state index contributed by atoms with van der Waals surface area (Å²) in [5.41, 5.74) is 0.405. The second-order valence-electron chi connectivity index (χ2n) is 5.22. The first-order valence-corrected chi connectivity index (χ1v) is 8.55. The highest BCUT2D eigenvalue weighted by Gasteiger charge is 2.32. The predicted octanol–water partition coefficient (Wildman–Crippen LogP) is 0.652. The van der Waals surface area contributed by atoms with Crippen molar-refractivity contribution in [2.45, 2.75) is 12.5 Å². The number of hydrogen-bond donors (Lipinski definition) is 1. The molecule has 0 unspecified atom stereocenters. The molecule has 1 N–H and O–H groups in total. The number of rotatable bonds is 5. The fourth-order valence-electron chi connectivity index (χ4n) is 2.32. The number of carbonyl (C=O) groups excluding carboxylic acids is 1. The molecule has 1 fully saturated rings. The van der Waals surface area contributed by atoms with Crippen LogP contribution in [0.5, 0.6) is 0 Å². The minimum Gasteiger partial charge on any atom is -0.376 e. The maximum atomic E-state index is 12.1. The van der Waals surface area contributed by atoms with Crippen molar-refractivity contribution in [3.63, 3.8) is 0 Å². The molecule has 1 aromatic rings. The average molecular weight is 327 g/mol. The van der Waals surface area contributed by atoms with Gasteiger partial charge in [0.1, 0.15) is 0 Å². The molecule has 1 amide bonds. The lowest BCUT2D eigenvalue weighted by molar-refractivity contribution is -0.384. The SMILES string of the molecule is CN(C(=O)CNc1cccc([N+](=O)[O-])c1)[C@H]1CCS(=O)(=O)C1. The number of benzene rings is 1. The zero-order chi connectivity index (χ0) is 16.3. The van der Waals surface area contributed by atoms with Gasteiger partial charge in [0.25, 0.3) is 5.69 Å². The highest BCUT2D eigenvalue weighted by Crippen LogP contribution is 2.18. The first-order valence-electron chi connectivity index (χ1n) is 6.73. The van der Waals surface area contributed by atoms with Gasteiger partial charge in [-0.3, -0.25) is 14.9 Å². The number of anilines is 1. The first-order chi connectivity index (χ1) is 10.3. The van der Waals surface area contributed by atoms with E-state index < -0.39 is 14.8 Å². The Balaban J connectivity index is 1.92. The van der Waals surface area contributed by atoms with E-state index in [1.807, 2.05) is 0 Å². The van der Waals surface area contributed by atoms with E-state index >= 15 is 0 Å². The normalized spacial score (nSPS) is 19.6. The van der Waals surface area contributed by atoms with Gasteiger partial charge < -0.3 is 10.2 Å². The van der Waals surface area contributed by atoms with Gasteiger partial charge in [-0.05, 0) is 12.5 Å². The first kappa shape index (κ1) is 16.2. The number of nitrogens with zero attached hydrogens (tertiary/aromatic N) is 2. The zero-order valence-corrected chi connectivity index (χ0v) is 12.9. The number of non-ortho nitro benzene ring substituents is 1. The number of carbonyl (C=O) groups is 1. The quantitative estimate of drug-likeness (QED) is 0.628. The number of nitro benzene ring substituents is 1. The predicted molar refractivity (Wildman–Crippen MR) is 81.4 cm³/mol. The second kappa shape index (κ2) is 6.30. The Hall–Kier alpha value is -2.16. The van der Waals surface area contributed by atoms with E-state index in [-0.39, 0.29) is 35.7 Å². The van der Waals surface area contributed by atoms with Gasteiger partial charge in [0.05, 0.1) is 23.0 Å².